The number of ether oxygens (including phenoxy) is 1. The van der Waals surface area contributed by atoms with Gasteiger partial charge in [0.2, 0.25) is 5.60 Å². The lowest BCUT2D eigenvalue weighted by molar-refractivity contribution is -0.939. The molecule has 5 heterocycles. The Hall–Kier alpha value is -2.66. The average molecular weight is 559 g/mol. The summed E-state index contributed by atoms with van der Waals surface area (Å²) in [6.07, 6.45) is 5.94. The minimum atomic E-state index is -1.87. The topological polar surface area (TPSA) is 101 Å². The second-order valence-electron chi connectivity index (χ2n) is 9.17. The zero-order valence-electron chi connectivity index (χ0n) is 19.0. The number of rotatable bonds is 7. The molecule has 1 aromatic carbocycles. The number of hydrogen-bond acceptors (Lipinski definition) is 7. The molecule has 2 atom stereocenters. The van der Waals surface area contributed by atoms with Gasteiger partial charge in [-0.15, -0.1) is 0 Å². The predicted molar refractivity (Wildman–Crippen MR) is 127 cm³/mol. The number of halogens is 1. The number of thiophene rings is 1. The summed E-state index contributed by atoms with van der Waals surface area (Å²) in [5.41, 5.74) is -0.330. The van der Waals surface area contributed by atoms with Gasteiger partial charge in [-0.1, -0.05) is 30.3 Å². The van der Waals surface area contributed by atoms with Crippen LogP contribution in [0.5, 0.6) is 0 Å². The highest BCUT2D eigenvalue weighted by molar-refractivity contribution is 7.08. The van der Waals surface area contributed by atoms with Gasteiger partial charge in [0.25, 0.3) is 5.91 Å². The number of carbonyl (C=O) groups is 2. The van der Waals surface area contributed by atoms with E-state index < -0.39 is 11.6 Å². The van der Waals surface area contributed by atoms with Crippen molar-refractivity contribution in [3.05, 3.63) is 77.0 Å². The highest BCUT2D eigenvalue weighted by Gasteiger charge is 2.51. The molecule has 0 aliphatic carbocycles. The molecule has 1 unspecified atom stereocenters. The van der Waals surface area contributed by atoms with Crippen LogP contribution in [0.25, 0.3) is 0 Å². The van der Waals surface area contributed by atoms with Gasteiger partial charge in [-0.05, 0) is 22.4 Å². The quantitative estimate of drug-likeness (QED) is 0.301. The van der Waals surface area contributed by atoms with Crippen molar-refractivity contribution in [2.45, 2.75) is 24.5 Å². The van der Waals surface area contributed by atoms with E-state index in [0.29, 0.717) is 34.4 Å². The molecule has 3 aliphatic rings. The number of amides is 1. The Balaban J connectivity index is 0.00000289. The number of quaternary nitrogens is 1. The Morgan fingerprint density at radius 1 is 1.11 bits per heavy atom. The first kappa shape index (κ1) is 25.4. The van der Waals surface area contributed by atoms with Crippen molar-refractivity contribution < 1.29 is 40.9 Å². The van der Waals surface area contributed by atoms with E-state index in [9.17, 15) is 14.7 Å². The van der Waals surface area contributed by atoms with Crippen molar-refractivity contribution >= 4 is 28.9 Å². The highest BCUT2D eigenvalue weighted by atomic mass is 79.9. The van der Waals surface area contributed by atoms with Crippen molar-refractivity contribution in [3.8, 4) is 0 Å². The molecule has 2 bridgehead atoms. The first-order valence-corrected chi connectivity index (χ1v) is 12.3. The van der Waals surface area contributed by atoms with E-state index in [1.165, 1.54) is 17.7 Å². The lowest BCUT2D eigenvalue weighted by atomic mass is 9.82. The van der Waals surface area contributed by atoms with E-state index in [4.69, 9.17) is 4.74 Å². The fraction of sp³-hybridized carbons (Fsp3) is 0.360. The maximum absolute atomic E-state index is 13.5. The lowest BCUT2D eigenvalue weighted by Gasteiger charge is -2.51. The van der Waals surface area contributed by atoms with E-state index in [-0.39, 0.29) is 34.9 Å². The van der Waals surface area contributed by atoms with E-state index in [1.807, 2.05) is 11.4 Å². The smallest absolute Gasteiger partial charge is 0.348 e. The van der Waals surface area contributed by atoms with Crippen LogP contribution in [0, 0.1) is 5.92 Å². The van der Waals surface area contributed by atoms with Crippen molar-refractivity contribution in [3.63, 3.8) is 0 Å². The zero-order valence-corrected chi connectivity index (χ0v) is 21.5. The molecule has 0 saturated carbocycles. The molecule has 6 rings (SSSR count). The highest BCUT2D eigenvalue weighted by Crippen LogP contribution is 2.38. The van der Waals surface area contributed by atoms with Gasteiger partial charge in [-0.2, -0.15) is 11.3 Å². The lowest BCUT2D eigenvalue weighted by Crippen LogP contribution is -3.00. The molecule has 10 heteroatoms. The van der Waals surface area contributed by atoms with E-state index in [1.54, 1.807) is 48.1 Å². The van der Waals surface area contributed by atoms with E-state index in [2.05, 4.69) is 15.3 Å². The molecule has 0 spiro atoms. The number of hydrogen-bond donors (Lipinski definition) is 2. The number of aromatic nitrogens is 2. The Kier molecular flexibility index (Phi) is 7.65. The third kappa shape index (κ3) is 5.16. The molecule has 1 amide bonds. The van der Waals surface area contributed by atoms with Crippen LogP contribution in [-0.2, 0) is 19.9 Å². The van der Waals surface area contributed by atoms with Gasteiger partial charge in [0.05, 0.1) is 31.2 Å². The number of fused-ring (bicyclic) bond motifs is 3. The molecular formula is C25H27BrN4O4S. The van der Waals surface area contributed by atoms with Crippen LogP contribution in [0.15, 0.2) is 65.9 Å². The Labute approximate surface area is 218 Å². The molecular weight excluding hydrogens is 532 g/mol. The average Bonchev–Trinajstić information content (AvgIpc) is 3.40. The summed E-state index contributed by atoms with van der Waals surface area (Å²) in [6, 6.07) is 10.7. The first-order chi connectivity index (χ1) is 16.5. The largest absolute Gasteiger partial charge is 1.00 e. The predicted octanol–water partition coefficient (Wildman–Crippen LogP) is -0.431. The van der Waals surface area contributed by atoms with Crippen molar-refractivity contribution in [1.29, 1.82) is 0 Å². The third-order valence-electron chi connectivity index (χ3n) is 7.05. The summed E-state index contributed by atoms with van der Waals surface area (Å²) in [7, 11) is 0. The Morgan fingerprint density at radius 2 is 1.83 bits per heavy atom. The Morgan fingerprint density at radius 3 is 2.49 bits per heavy atom. The van der Waals surface area contributed by atoms with Gasteiger partial charge >= 0.3 is 5.97 Å². The van der Waals surface area contributed by atoms with Gasteiger partial charge < -0.3 is 36.6 Å². The second kappa shape index (κ2) is 10.5. The number of esters is 1. The summed E-state index contributed by atoms with van der Waals surface area (Å²) >= 11 is 1.42. The summed E-state index contributed by atoms with van der Waals surface area (Å²) in [6.45, 7) is 2.59. The number of aliphatic hydroxyl groups is 1. The molecule has 3 fully saturated rings. The number of nitrogens with zero attached hydrogens (tertiary/aromatic N) is 3. The van der Waals surface area contributed by atoms with Crippen LogP contribution in [0.3, 0.4) is 0 Å². The zero-order chi connectivity index (χ0) is 23.6. The van der Waals surface area contributed by atoms with E-state index in [0.717, 1.165) is 25.9 Å². The molecule has 8 nitrogen and oxygen atoms in total. The minimum Gasteiger partial charge on any atom is -1.00 e. The van der Waals surface area contributed by atoms with Gasteiger partial charge in [0, 0.05) is 24.3 Å². The number of carbonyl (C=O) groups excluding carboxylic acids is 2. The second-order valence-corrected chi connectivity index (χ2v) is 9.95. The summed E-state index contributed by atoms with van der Waals surface area (Å²) in [5.74, 6) is -0.545. The summed E-state index contributed by atoms with van der Waals surface area (Å²) in [4.78, 5) is 34.1. The van der Waals surface area contributed by atoms with Crippen molar-refractivity contribution in [1.82, 2.24) is 9.97 Å². The van der Waals surface area contributed by atoms with E-state index >= 15 is 0 Å². The molecule has 184 valence electrons. The van der Waals surface area contributed by atoms with Crippen LogP contribution in [-0.4, -0.2) is 63.7 Å². The van der Waals surface area contributed by atoms with Crippen LogP contribution in [0.4, 0.5) is 5.69 Å². The molecule has 3 saturated heterocycles. The number of nitrogens with one attached hydrogen (secondary N) is 1. The number of benzene rings is 1. The molecule has 3 aliphatic heterocycles. The van der Waals surface area contributed by atoms with Crippen LogP contribution < -0.4 is 22.3 Å². The fourth-order valence-corrected chi connectivity index (χ4v) is 5.92. The standard InChI is InChI=1S/C25H26N4O4S.BrH/c30-23(28-21-12-26-17-27-13-21)15-29-9-6-18(7-10-29)22(14-29)33-24(31)25(32,20-8-11-34-16-20)19-4-2-1-3-5-19;/h1-5,8,11-13,16-18,22,32H,6-7,9-10,14-15H2;1H/t18?,22-,25?,29?;/m0./s1. The summed E-state index contributed by atoms with van der Waals surface area (Å²) in [5, 5.41) is 18.1. The minimum absolute atomic E-state index is 0. The van der Waals surface area contributed by atoms with Crippen molar-refractivity contribution in [2.75, 3.05) is 31.5 Å². The van der Waals surface area contributed by atoms with Gasteiger partial charge in [0.15, 0.2) is 12.6 Å². The number of piperidine rings is 3. The van der Waals surface area contributed by atoms with Crippen LogP contribution in [0.1, 0.15) is 24.0 Å². The number of anilines is 1. The molecule has 2 N–H and O–H groups in total. The Bertz CT molecular complexity index is 1140. The first-order valence-electron chi connectivity index (χ1n) is 11.4. The van der Waals surface area contributed by atoms with Crippen LogP contribution >= 0.6 is 11.3 Å². The molecule has 3 aromatic rings. The third-order valence-corrected chi connectivity index (χ3v) is 7.73. The molecule has 2 aromatic heterocycles. The maximum Gasteiger partial charge on any atom is 0.348 e. The fourth-order valence-electron chi connectivity index (χ4n) is 5.22. The van der Waals surface area contributed by atoms with Crippen molar-refractivity contribution in [2.24, 2.45) is 5.92 Å². The van der Waals surface area contributed by atoms with Gasteiger partial charge in [-0.3, -0.25) is 4.79 Å². The monoisotopic (exact) mass is 558 g/mol. The maximum atomic E-state index is 13.5. The van der Waals surface area contributed by atoms with Gasteiger partial charge in [0.1, 0.15) is 12.9 Å². The summed E-state index contributed by atoms with van der Waals surface area (Å²) < 4.78 is 6.61. The molecule has 0 radical (unpaired) electrons. The van der Waals surface area contributed by atoms with Gasteiger partial charge in [-0.25, -0.2) is 14.8 Å². The molecule has 35 heavy (non-hydrogen) atoms. The van der Waals surface area contributed by atoms with Crippen LogP contribution in [0.2, 0.25) is 0 Å². The normalized spacial score (nSPS) is 24.6. The SMILES string of the molecule is O=C(C[N+]12CCC(CC1)[C@@H](OC(=O)C(O)(c1ccccc1)c1ccsc1)C2)Nc1cncnc1.[Br-].